The minimum absolute atomic E-state index is 0.145. The zero-order chi connectivity index (χ0) is 13.2. The van der Waals surface area contributed by atoms with Crippen LogP contribution in [0.3, 0.4) is 0 Å². The second kappa shape index (κ2) is 5.11. The molecule has 0 spiro atoms. The van der Waals surface area contributed by atoms with Gasteiger partial charge in [-0.15, -0.1) is 0 Å². The molecule has 1 aliphatic carbocycles. The Hall–Kier alpha value is -1.35. The molecule has 3 unspecified atom stereocenters. The van der Waals surface area contributed by atoms with E-state index in [0.717, 1.165) is 19.3 Å². The number of hydrogen-bond acceptors (Lipinski definition) is 2. The lowest BCUT2D eigenvalue weighted by Gasteiger charge is -2.42. The Morgan fingerprint density at radius 1 is 1.33 bits per heavy atom. The second-order valence-electron chi connectivity index (χ2n) is 5.46. The fourth-order valence-corrected chi connectivity index (χ4v) is 3.22. The summed E-state index contributed by atoms with van der Waals surface area (Å²) in [4.78, 5) is 11.7. The Bertz CT molecular complexity index is 418. The summed E-state index contributed by atoms with van der Waals surface area (Å²) in [5.74, 6) is 0.0603. The first kappa shape index (κ1) is 13.1. The molecule has 1 amide bonds. The molecule has 0 radical (unpaired) electrons. The molecule has 18 heavy (non-hydrogen) atoms. The maximum atomic E-state index is 11.7. The van der Waals surface area contributed by atoms with E-state index in [9.17, 15) is 4.79 Å². The SMILES string of the molecule is CC(c1ccccc1)C1CCCCC1(N)C(N)=O. The van der Waals surface area contributed by atoms with Gasteiger partial charge in [-0.1, -0.05) is 50.1 Å². The summed E-state index contributed by atoms with van der Waals surface area (Å²) >= 11 is 0. The third-order valence-electron chi connectivity index (χ3n) is 4.40. The molecule has 0 aliphatic heterocycles. The highest BCUT2D eigenvalue weighted by molar-refractivity contribution is 5.85. The van der Waals surface area contributed by atoms with Crippen LogP contribution in [0.15, 0.2) is 30.3 Å². The summed E-state index contributed by atoms with van der Waals surface area (Å²) in [5.41, 5.74) is 12.3. The van der Waals surface area contributed by atoms with Crippen LogP contribution in [0.2, 0.25) is 0 Å². The lowest BCUT2D eigenvalue weighted by molar-refractivity contribution is -0.126. The maximum Gasteiger partial charge on any atom is 0.237 e. The average Bonchev–Trinajstić information content (AvgIpc) is 2.39. The maximum absolute atomic E-state index is 11.7. The van der Waals surface area contributed by atoms with Crippen molar-refractivity contribution in [3.05, 3.63) is 35.9 Å². The predicted octanol–water partition coefficient (Wildman–Crippen LogP) is 2.16. The van der Waals surface area contributed by atoms with E-state index < -0.39 is 5.54 Å². The Labute approximate surface area is 109 Å². The molecular formula is C15H22N2O. The van der Waals surface area contributed by atoms with Crippen LogP contribution < -0.4 is 11.5 Å². The highest BCUT2D eigenvalue weighted by atomic mass is 16.1. The average molecular weight is 246 g/mol. The molecule has 1 aromatic rings. The first-order valence-electron chi connectivity index (χ1n) is 6.69. The van der Waals surface area contributed by atoms with Gasteiger partial charge >= 0.3 is 0 Å². The van der Waals surface area contributed by atoms with Gasteiger partial charge in [0, 0.05) is 0 Å². The van der Waals surface area contributed by atoms with Gasteiger partial charge in [0.25, 0.3) is 0 Å². The van der Waals surface area contributed by atoms with E-state index in [4.69, 9.17) is 11.5 Å². The molecule has 1 aromatic carbocycles. The molecule has 3 heteroatoms. The van der Waals surface area contributed by atoms with Crippen molar-refractivity contribution < 1.29 is 4.79 Å². The van der Waals surface area contributed by atoms with E-state index in [1.165, 1.54) is 5.56 Å². The smallest absolute Gasteiger partial charge is 0.237 e. The van der Waals surface area contributed by atoms with Crippen LogP contribution in [0.5, 0.6) is 0 Å². The number of rotatable bonds is 3. The highest BCUT2D eigenvalue weighted by Crippen LogP contribution is 2.40. The third kappa shape index (κ3) is 2.27. The molecule has 3 nitrogen and oxygen atoms in total. The molecule has 98 valence electrons. The molecule has 1 fully saturated rings. The molecule has 2 rings (SSSR count). The zero-order valence-corrected chi connectivity index (χ0v) is 10.9. The van der Waals surface area contributed by atoms with Crippen LogP contribution in [0.25, 0.3) is 0 Å². The Kier molecular flexibility index (Phi) is 3.71. The summed E-state index contributed by atoms with van der Waals surface area (Å²) in [6.45, 7) is 2.15. The van der Waals surface area contributed by atoms with Gasteiger partial charge in [-0.05, 0) is 30.2 Å². The molecule has 1 aliphatic rings. The second-order valence-corrected chi connectivity index (χ2v) is 5.46. The standard InChI is InChI=1S/C15H22N2O/c1-11(12-7-3-2-4-8-12)13-9-5-6-10-15(13,17)14(16)18/h2-4,7-8,11,13H,5-6,9-10,17H2,1H3,(H2,16,18). The van der Waals surface area contributed by atoms with Gasteiger partial charge in [0.1, 0.15) is 0 Å². The third-order valence-corrected chi connectivity index (χ3v) is 4.40. The molecule has 0 aromatic heterocycles. The van der Waals surface area contributed by atoms with Crippen molar-refractivity contribution in [1.82, 2.24) is 0 Å². The predicted molar refractivity (Wildman–Crippen MR) is 72.9 cm³/mol. The summed E-state index contributed by atoms with van der Waals surface area (Å²) < 4.78 is 0. The van der Waals surface area contributed by atoms with E-state index in [2.05, 4.69) is 19.1 Å². The van der Waals surface area contributed by atoms with Crippen molar-refractivity contribution in [2.45, 2.75) is 44.1 Å². The van der Waals surface area contributed by atoms with Crippen LogP contribution >= 0.6 is 0 Å². The van der Waals surface area contributed by atoms with Gasteiger partial charge in [0.15, 0.2) is 0 Å². The summed E-state index contributed by atoms with van der Waals surface area (Å²) in [5, 5.41) is 0. The van der Waals surface area contributed by atoms with Crippen molar-refractivity contribution in [3.63, 3.8) is 0 Å². The Balaban J connectivity index is 2.27. The number of carbonyl (C=O) groups is 1. The summed E-state index contributed by atoms with van der Waals surface area (Å²) in [6, 6.07) is 10.2. The quantitative estimate of drug-likeness (QED) is 0.858. The highest BCUT2D eigenvalue weighted by Gasteiger charge is 2.44. The first-order chi connectivity index (χ1) is 8.55. The Morgan fingerprint density at radius 2 is 2.00 bits per heavy atom. The molecule has 0 bridgehead atoms. The van der Waals surface area contributed by atoms with E-state index in [0.29, 0.717) is 6.42 Å². The number of carbonyl (C=O) groups excluding carboxylic acids is 1. The van der Waals surface area contributed by atoms with Crippen LogP contribution in [-0.4, -0.2) is 11.4 Å². The number of primary amides is 1. The molecule has 3 atom stereocenters. The van der Waals surface area contributed by atoms with E-state index in [1.54, 1.807) is 0 Å². The van der Waals surface area contributed by atoms with Crippen LogP contribution in [-0.2, 0) is 4.79 Å². The molecule has 1 saturated carbocycles. The Morgan fingerprint density at radius 3 is 2.61 bits per heavy atom. The van der Waals surface area contributed by atoms with E-state index >= 15 is 0 Å². The van der Waals surface area contributed by atoms with E-state index in [-0.39, 0.29) is 17.7 Å². The number of hydrogen-bond donors (Lipinski definition) is 2. The monoisotopic (exact) mass is 246 g/mol. The van der Waals surface area contributed by atoms with E-state index in [1.807, 2.05) is 18.2 Å². The topological polar surface area (TPSA) is 69.1 Å². The summed E-state index contributed by atoms with van der Waals surface area (Å²) in [7, 11) is 0. The normalized spacial score (nSPS) is 29.8. The van der Waals surface area contributed by atoms with Crippen molar-refractivity contribution >= 4 is 5.91 Å². The largest absolute Gasteiger partial charge is 0.368 e. The molecule has 4 N–H and O–H groups in total. The van der Waals surface area contributed by atoms with Gasteiger partial charge in [0.2, 0.25) is 5.91 Å². The molecule has 0 saturated heterocycles. The van der Waals surface area contributed by atoms with Crippen LogP contribution in [0.4, 0.5) is 0 Å². The lowest BCUT2D eigenvalue weighted by atomic mass is 9.66. The summed E-state index contributed by atoms with van der Waals surface area (Å²) in [6.07, 6.45) is 3.82. The van der Waals surface area contributed by atoms with Gasteiger partial charge in [-0.3, -0.25) is 4.79 Å². The van der Waals surface area contributed by atoms with Crippen molar-refractivity contribution in [2.75, 3.05) is 0 Å². The fraction of sp³-hybridized carbons (Fsp3) is 0.533. The van der Waals surface area contributed by atoms with Crippen LogP contribution in [0, 0.1) is 5.92 Å². The van der Waals surface area contributed by atoms with Crippen molar-refractivity contribution in [2.24, 2.45) is 17.4 Å². The van der Waals surface area contributed by atoms with Gasteiger partial charge in [-0.2, -0.15) is 0 Å². The van der Waals surface area contributed by atoms with Gasteiger partial charge in [-0.25, -0.2) is 0 Å². The van der Waals surface area contributed by atoms with Gasteiger partial charge in [0.05, 0.1) is 5.54 Å². The number of benzene rings is 1. The van der Waals surface area contributed by atoms with Crippen molar-refractivity contribution in [3.8, 4) is 0 Å². The number of nitrogens with two attached hydrogens (primary N) is 2. The fourth-order valence-electron chi connectivity index (χ4n) is 3.22. The van der Waals surface area contributed by atoms with Gasteiger partial charge < -0.3 is 11.5 Å². The first-order valence-corrected chi connectivity index (χ1v) is 6.69. The zero-order valence-electron chi connectivity index (χ0n) is 10.9. The van der Waals surface area contributed by atoms with Crippen LogP contribution in [0.1, 0.15) is 44.1 Å². The lowest BCUT2D eigenvalue weighted by Crippen LogP contribution is -2.59. The minimum atomic E-state index is -0.840. The molecular weight excluding hydrogens is 224 g/mol. The number of amides is 1. The molecule has 0 heterocycles. The van der Waals surface area contributed by atoms with Crippen molar-refractivity contribution in [1.29, 1.82) is 0 Å². The minimum Gasteiger partial charge on any atom is -0.368 e.